The highest BCUT2D eigenvalue weighted by Gasteiger charge is 2.50. The minimum Gasteiger partial charge on any atom is -0.390 e. The summed E-state index contributed by atoms with van der Waals surface area (Å²) in [5, 5.41) is 11.1. The van der Waals surface area contributed by atoms with Gasteiger partial charge in [0.1, 0.15) is 12.4 Å². The van der Waals surface area contributed by atoms with Gasteiger partial charge < -0.3 is 10.1 Å². The first-order chi connectivity index (χ1) is 14.7. The maximum atomic E-state index is 11.1. The Hall–Kier alpha value is -0.821. The molecule has 2 saturated heterocycles. The molecule has 3 rings (SSSR count). The van der Waals surface area contributed by atoms with Crippen molar-refractivity contribution < 1.29 is 4.92 Å². The second kappa shape index (κ2) is 10.9. The van der Waals surface area contributed by atoms with Crippen molar-refractivity contribution in [2.45, 2.75) is 32.0 Å². The Bertz CT molecular complexity index is 742. The first kappa shape index (κ1) is 24.8. The molecule has 2 aliphatic heterocycles. The SMILES string of the molecule is [B]B([B])B([B])B(B([B])[B])B1CC1CN1CCCN(CC(C)Cn2ccnc2[N+](=O)[O-])C1. The van der Waals surface area contributed by atoms with Crippen LogP contribution in [0.25, 0.3) is 0 Å². The molecule has 1 aromatic rings. The van der Waals surface area contributed by atoms with Crippen LogP contribution in [0.15, 0.2) is 12.4 Å². The summed E-state index contributed by atoms with van der Waals surface area (Å²) >= 11 is 0. The lowest BCUT2D eigenvalue weighted by Gasteiger charge is -2.37. The standard InChI is InChI=1S/C14H23B10N5O2/c1-12(9-28-6-3-25-14(28)29(30)31)8-26-4-2-5-27(11-26)10-13-7-20(13)24(22(17)18)23(19)21(15)16/h3,6,12-13H,2,4-5,7-11H2,1H3. The topological polar surface area (TPSA) is 67.4 Å². The van der Waals surface area contributed by atoms with Gasteiger partial charge in [-0.2, -0.15) is 0 Å². The van der Waals surface area contributed by atoms with E-state index >= 15 is 0 Å². The molecule has 0 aromatic carbocycles. The van der Waals surface area contributed by atoms with Gasteiger partial charge in [0.2, 0.25) is 0 Å². The third-order valence-corrected chi connectivity index (χ3v) is 6.58. The van der Waals surface area contributed by atoms with Crippen LogP contribution in [0.5, 0.6) is 0 Å². The van der Waals surface area contributed by atoms with Crippen LogP contribution < -0.4 is 0 Å². The van der Waals surface area contributed by atoms with Crippen LogP contribution in [0.2, 0.25) is 12.1 Å². The molecule has 2 atom stereocenters. The monoisotopic (exact) mass is 403 g/mol. The van der Waals surface area contributed by atoms with E-state index in [4.69, 9.17) is 38.7 Å². The summed E-state index contributed by atoms with van der Waals surface area (Å²) in [5.74, 6) is 0.676. The smallest absolute Gasteiger partial charge is 0.390 e. The van der Waals surface area contributed by atoms with Crippen LogP contribution in [0, 0.1) is 16.0 Å². The van der Waals surface area contributed by atoms with Crippen LogP contribution in [-0.2, 0) is 6.54 Å². The minimum absolute atomic E-state index is 0.0723. The van der Waals surface area contributed by atoms with Gasteiger partial charge in [-0.25, -0.2) is 4.57 Å². The molecule has 0 spiro atoms. The third kappa shape index (κ3) is 6.59. The summed E-state index contributed by atoms with van der Waals surface area (Å²) in [5.41, 5.74) is 0. The van der Waals surface area contributed by atoms with Crippen LogP contribution in [0.1, 0.15) is 13.3 Å². The van der Waals surface area contributed by atoms with Gasteiger partial charge in [0.15, 0.2) is 0 Å². The van der Waals surface area contributed by atoms with Gasteiger partial charge in [-0.1, -0.05) is 24.0 Å². The summed E-state index contributed by atoms with van der Waals surface area (Å²) in [6, 6.07) is 0. The predicted octanol–water partition coefficient (Wildman–Crippen LogP) is -2.11. The van der Waals surface area contributed by atoms with E-state index in [1.54, 1.807) is 10.8 Å². The Labute approximate surface area is 194 Å². The lowest BCUT2D eigenvalue weighted by Crippen LogP contribution is -2.63. The van der Waals surface area contributed by atoms with Gasteiger partial charge in [0, 0.05) is 83.9 Å². The highest BCUT2D eigenvalue weighted by Crippen LogP contribution is 2.40. The molecule has 3 heterocycles. The van der Waals surface area contributed by atoms with Gasteiger partial charge in [-0.3, -0.25) is 9.80 Å². The van der Waals surface area contributed by atoms with E-state index in [2.05, 4.69) is 21.7 Å². The van der Waals surface area contributed by atoms with E-state index in [0.717, 1.165) is 45.6 Å². The summed E-state index contributed by atoms with van der Waals surface area (Å²) in [4.78, 5) is 19.3. The van der Waals surface area contributed by atoms with Crippen molar-refractivity contribution in [1.29, 1.82) is 0 Å². The average Bonchev–Trinajstić information content (AvgIpc) is 3.24. The zero-order chi connectivity index (χ0) is 22.7. The van der Waals surface area contributed by atoms with Gasteiger partial charge in [-0.05, 0) is 23.8 Å². The predicted molar refractivity (Wildman–Crippen MR) is 137 cm³/mol. The van der Waals surface area contributed by atoms with E-state index in [9.17, 15) is 10.1 Å². The van der Waals surface area contributed by atoms with Crippen molar-refractivity contribution >= 4 is 76.8 Å². The fourth-order valence-electron chi connectivity index (χ4n) is 5.06. The maximum absolute atomic E-state index is 11.1. The zero-order valence-corrected chi connectivity index (χ0v) is 18.3. The first-order valence-corrected chi connectivity index (χ1v) is 11.1. The molecule has 10 radical (unpaired) electrons. The number of hydrogen-bond acceptors (Lipinski definition) is 5. The molecule has 146 valence electrons. The van der Waals surface area contributed by atoms with E-state index in [0.29, 0.717) is 19.0 Å². The van der Waals surface area contributed by atoms with Crippen LogP contribution in [0.4, 0.5) is 5.95 Å². The molecule has 0 N–H and O–H groups in total. The lowest BCUT2D eigenvalue weighted by molar-refractivity contribution is -0.396. The fourth-order valence-corrected chi connectivity index (χ4v) is 5.06. The van der Waals surface area contributed by atoms with Gasteiger partial charge in [0.25, 0.3) is 0 Å². The van der Waals surface area contributed by atoms with Crippen molar-refractivity contribution in [3.05, 3.63) is 22.5 Å². The fraction of sp³-hybridized carbons (Fsp3) is 0.786. The van der Waals surface area contributed by atoms with Crippen LogP contribution >= 0.6 is 0 Å². The Morgan fingerprint density at radius 2 is 1.94 bits per heavy atom. The largest absolute Gasteiger partial charge is 0.434 e. The van der Waals surface area contributed by atoms with E-state index in [1.165, 1.54) is 6.20 Å². The lowest BCUT2D eigenvalue weighted by atomic mass is 8.57. The molecule has 31 heavy (non-hydrogen) atoms. The number of nitrogens with zero attached hydrogens (tertiary/aromatic N) is 5. The van der Waals surface area contributed by atoms with Gasteiger partial charge >= 0.3 is 5.95 Å². The molecule has 0 saturated carbocycles. The molecule has 0 aliphatic carbocycles. The van der Waals surface area contributed by atoms with Crippen molar-refractivity contribution in [2.24, 2.45) is 5.92 Å². The number of hydrogen-bond donors (Lipinski definition) is 0. The third-order valence-electron chi connectivity index (χ3n) is 6.58. The molecular formula is C14H23B10N5O2. The number of imidazole rings is 1. The van der Waals surface area contributed by atoms with Crippen LogP contribution in [0.3, 0.4) is 0 Å². The van der Waals surface area contributed by atoms with E-state index in [1.807, 2.05) is 0 Å². The summed E-state index contributed by atoms with van der Waals surface area (Å²) in [6.45, 7) is 7.89. The highest BCUT2D eigenvalue weighted by molar-refractivity contribution is 8.01. The summed E-state index contributed by atoms with van der Waals surface area (Å²) < 4.78 is 1.61. The summed E-state index contributed by atoms with van der Waals surface area (Å²) in [6.07, 6.45) is 3.67. The quantitative estimate of drug-likeness (QED) is 0.241. The molecule has 7 nitrogen and oxygen atoms in total. The summed E-state index contributed by atoms with van der Waals surface area (Å²) in [7, 11) is 29.7. The molecule has 1 aromatic heterocycles. The van der Waals surface area contributed by atoms with E-state index in [-0.39, 0.29) is 18.3 Å². The highest BCUT2D eigenvalue weighted by atomic mass is 16.6. The molecule has 0 amide bonds. The number of aromatic nitrogens is 2. The number of nitro groups is 1. The molecule has 17 heteroatoms. The van der Waals surface area contributed by atoms with E-state index < -0.39 is 24.1 Å². The Balaban J connectivity index is 1.47. The Morgan fingerprint density at radius 1 is 1.23 bits per heavy atom. The van der Waals surface area contributed by atoms with Crippen molar-refractivity contribution in [3.63, 3.8) is 0 Å². The Morgan fingerprint density at radius 3 is 2.58 bits per heavy atom. The molecule has 2 aliphatic rings. The van der Waals surface area contributed by atoms with Gasteiger partial charge in [-0.15, -0.1) is 0 Å². The second-order valence-corrected chi connectivity index (χ2v) is 9.36. The molecule has 2 unspecified atom stereocenters. The molecular weight excluding hydrogens is 378 g/mol. The van der Waals surface area contributed by atoms with Crippen molar-refractivity contribution in [1.82, 2.24) is 19.4 Å². The minimum atomic E-state index is -0.626. The van der Waals surface area contributed by atoms with Crippen molar-refractivity contribution in [2.75, 3.05) is 32.8 Å². The second-order valence-electron chi connectivity index (χ2n) is 9.36. The Kier molecular flexibility index (Phi) is 8.70. The van der Waals surface area contributed by atoms with Gasteiger partial charge in [0.05, 0.1) is 19.8 Å². The normalized spacial score (nSPS) is 20.3. The van der Waals surface area contributed by atoms with Crippen molar-refractivity contribution in [3.8, 4) is 0 Å². The van der Waals surface area contributed by atoms with Crippen LogP contribution in [-0.4, -0.2) is 128 Å². The molecule has 2 fully saturated rings. The first-order valence-electron chi connectivity index (χ1n) is 11.1. The number of rotatable bonds is 11. The average molecular weight is 401 g/mol. The maximum Gasteiger partial charge on any atom is 0.434 e. The zero-order valence-electron chi connectivity index (χ0n) is 18.3. The molecule has 0 bridgehead atoms.